The van der Waals surface area contributed by atoms with Gasteiger partial charge in [0.05, 0.1) is 20.8 Å². The number of rotatable bonds is 9. The van der Waals surface area contributed by atoms with E-state index in [4.69, 9.17) is 14.2 Å². The molecule has 1 saturated carbocycles. The molecule has 1 aliphatic rings. The molecule has 20 heavy (non-hydrogen) atoms. The molecule has 0 saturated heterocycles. The van der Waals surface area contributed by atoms with E-state index in [1.165, 1.54) is 27.1 Å². The number of phenols is 1. The van der Waals surface area contributed by atoms with E-state index < -0.39 is 0 Å². The normalized spacial score (nSPS) is 14.3. The van der Waals surface area contributed by atoms with Crippen LogP contribution in [0.5, 0.6) is 17.2 Å². The minimum absolute atomic E-state index is 0.0338. The third-order valence-corrected chi connectivity index (χ3v) is 3.34. The molecule has 0 bridgehead atoms. The highest BCUT2D eigenvalue weighted by molar-refractivity contribution is 5.52. The van der Waals surface area contributed by atoms with Crippen molar-refractivity contribution >= 4 is 0 Å². The highest BCUT2D eigenvalue weighted by atomic mass is 16.5. The highest BCUT2D eigenvalue weighted by Crippen LogP contribution is 2.36. The third-order valence-electron chi connectivity index (χ3n) is 3.34. The van der Waals surface area contributed by atoms with Gasteiger partial charge in [-0.05, 0) is 36.5 Å². The van der Waals surface area contributed by atoms with E-state index in [1.807, 2.05) is 0 Å². The Hall–Kier alpha value is -1.46. The van der Waals surface area contributed by atoms with Gasteiger partial charge in [0.15, 0.2) is 11.5 Å². The molecule has 0 amide bonds. The van der Waals surface area contributed by atoms with Crippen LogP contribution in [0.2, 0.25) is 0 Å². The van der Waals surface area contributed by atoms with Crippen molar-refractivity contribution in [2.75, 3.05) is 34.0 Å². The highest BCUT2D eigenvalue weighted by Gasteiger charge is 2.20. The second kappa shape index (κ2) is 7.36. The molecule has 0 aromatic heterocycles. The van der Waals surface area contributed by atoms with Crippen molar-refractivity contribution in [2.45, 2.75) is 19.4 Å². The Morgan fingerprint density at radius 2 is 1.85 bits per heavy atom. The zero-order valence-electron chi connectivity index (χ0n) is 12.1. The van der Waals surface area contributed by atoms with Gasteiger partial charge in [0, 0.05) is 19.7 Å². The average Bonchev–Trinajstić information content (AvgIpc) is 3.28. The predicted octanol–water partition coefficient (Wildman–Crippen LogP) is 1.93. The Morgan fingerprint density at radius 1 is 1.20 bits per heavy atom. The number of nitrogens with one attached hydrogen (secondary N) is 1. The second-order valence-electron chi connectivity index (χ2n) is 5.04. The van der Waals surface area contributed by atoms with Crippen molar-refractivity contribution < 1.29 is 19.3 Å². The predicted molar refractivity (Wildman–Crippen MR) is 76.5 cm³/mol. The van der Waals surface area contributed by atoms with Crippen LogP contribution in [0.4, 0.5) is 0 Å². The number of ether oxygens (including phenoxy) is 3. The Kier molecular flexibility index (Phi) is 5.49. The van der Waals surface area contributed by atoms with Gasteiger partial charge < -0.3 is 24.6 Å². The first kappa shape index (κ1) is 14.9. The summed E-state index contributed by atoms with van der Waals surface area (Å²) >= 11 is 0. The van der Waals surface area contributed by atoms with Crippen molar-refractivity contribution in [1.29, 1.82) is 0 Å². The average molecular weight is 281 g/mol. The van der Waals surface area contributed by atoms with Crippen LogP contribution in [0.15, 0.2) is 12.1 Å². The number of hydrogen-bond donors (Lipinski definition) is 2. The monoisotopic (exact) mass is 281 g/mol. The topological polar surface area (TPSA) is 60.0 Å². The van der Waals surface area contributed by atoms with Crippen LogP contribution in [-0.4, -0.2) is 39.1 Å². The molecular weight excluding hydrogens is 258 g/mol. The number of methoxy groups -OCH3 is 2. The molecule has 0 aliphatic heterocycles. The lowest BCUT2D eigenvalue weighted by Crippen LogP contribution is -2.19. The summed E-state index contributed by atoms with van der Waals surface area (Å²) in [6.45, 7) is 3.10. The van der Waals surface area contributed by atoms with Gasteiger partial charge in [-0.2, -0.15) is 0 Å². The maximum atomic E-state index is 9.82. The van der Waals surface area contributed by atoms with Gasteiger partial charge in [0.25, 0.3) is 0 Å². The molecule has 1 aromatic carbocycles. The molecule has 1 aromatic rings. The van der Waals surface area contributed by atoms with Gasteiger partial charge in [0.2, 0.25) is 5.75 Å². The number of aromatic hydroxyl groups is 1. The summed E-state index contributed by atoms with van der Waals surface area (Å²) < 4.78 is 15.8. The molecule has 0 unspecified atom stereocenters. The maximum Gasteiger partial charge on any atom is 0.200 e. The van der Waals surface area contributed by atoms with E-state index in [2.05, 4.69) is 5.32 Å². The molecule has 5 heteroatoms. The molecule has 2 rings (SSSR count). The molecule has 0 spiro atoms. The standard InChI is InChI=1S/C15H23NO4/c1-18-13-7-12(8-14(19-2)15(13)17)9-16-5-6-20-10-11-3-4-11/h7-8,11,16-17H,3-6,9-10H2,1-2H3. The van der Waals surface area contributed by atoms with Crippen LogP contribution in [-0.2, 0) is 11.3 Å². The van der Waals surface area contributed by atoms with Crippen LogP contribution < -0.4 is 14.8 Å². The van der Waals surface area contributed by atoms with Gasteiger partial charge in [-0.3, -0.25) is 0 Å². The van der Waals surface area contributed by atoms with Crippen LogP contribution in [0.1, 0.15) is 18.4 Å². The summed E-state index contributed by atoms with van der Waals surface area (Å²) in [4.78, 5) is 0. The van der Waals surface area contributed by atoms with E-state index in [0.29, 0.717) is 18.0 Å². The lowest BCUT2D eigenvalue weighted by atomic mass is 10.2. The molecule has 1 fully saturated rings. The van der Waals surface area contributed by atoms with Crippen LogP contribution in [0.3, 0.4) is 0 Å². The van der Waals surface area contributed by atoms with Crippen molar-refractivity contribution in [3.63, 3.8) is 0 Å². The third kappa shape index (κ3) is 4.28. The second-order valence-corrected chi connectivity index (χ2v) is 5.04. The first-order chi connectivity index (χ1) is 9.74. The van der Waals surface area contributed by atoms with Crippen LogP contribution in [0.25, 0.3) is 0 Å². The minimum atomic E-state index is 0.0338. The van der Waals surface area contributed by atoms with Crippen molar-refractivity contribution in [3.8, 4) is 17.2 Å². The smallest absolute Gasteiger partial charge is 0.200 e. The van der Waals surface area contributed by atoms with Crippen LogP contribution >= 0.6 is 0 Å². The van der Waals surface area contributed by atoms with E-state index in [9.17, 15) is 5.11 Å². The largest absolute Gasteiger partial charge is 0.502 e. The minimum Gasteiger partial charge on any atom is -0.502 e. The van der Waals surface area contributed by atoms with E-state index in [0.717, 1.165) is 31.2 Å². The quantitative estimate of drug-likeness (QED) is 0.677. The lowest BCUT2D eigenvalue weighted by Gasteiger charge is -2.12. The molecule has 1 aliphatic carbocycles. The van der Waals surface area contributed by atoms with Crippen molar-refractivity contribution in [3.05, 3.63) is 17.7 Å². The summed E-state index contributed by atoms with van der Waals surface area (Å²) in [6, 6.07) is 3.60. The molecule has 5 nitrogen and oxygen atoms in total. The summed E-state index contributed by atoms with van der Waals surface area (Å²) in [5, 5.41) is 13.1. The zero-order valence-corrected chi connectivity index (χ0v) is 12.1. The molecular formula is C15H23NO4. The first-order valence-electron chi connectivity index (χ1n) is 6.97. The zero-order chi connectivity index (χ0) is 14.4. The fourth-order valence-corrected chi connectivity index (χ4v) is 1.96. The maximum absolute atomic E-state index is 9.82. The summed E-state index contributed by atoms with van der Waals surface area (Å²) in [5.41, 5.74) is 0.999. The Morgan fingerprint density at radius 3 is 2.40 bits per heavy atom. The number of benzene rings is 1. The Bertz CT molecular complexity index is 407. The van der Waals surface area contributed by atoms with Crippen molar-refractivity contribution in [1.82, 2.24) is 5.32 Å². The number of hydrogen-bond acceptors (Lipinski definition) is 5. The van der Waals surface area contributed by atoms with E-state index in [-0.39, 0.29) is 5.75 Å². The van der Waals surface area contributed by atoms with E-state index in [1.54, 1.807) is 12.1 Å². The molecule has 0 heterocycles. The Labute approximate surface area is 119 Å². The molecule has 0 radical (unpaired) electrons. The van der Waals surface area contributed by atoms with Gasteiger partial charge in [-0.1, -0.05) is 0 Å². The molecule has 0 atom stereocenters. The fourth-order valence-electron chi connectivity index (χ4n) is 1.96. The number of phenolic OH excluding ortho intramolecular Hbond substituents is 1. The summed E-state index contributed by atoms with van der Waals surface area (Å²) in [5.74, 6) is 1.68. The summed E-state index contributed by atoms with van der Waals surface area (Å²) in [6.07, 6.45) is 2.64. The van der Waals surface area contributed by atoms with Gasteiger partial charge in [0.1, 0.15) is 0 Å². The van der Waals surface area contributed by atoms with Crippen LogP contribution in [0, 0.1) is 5.92 Å². The fraction of sp³-hybridized carbons (Fsp3) is 0.600. The molecule has 2 N–H and O–H groups in total. The van der Waals surface area contributed by atoms with Crippen molar-refractivity contribution in [2.24, 2.45) is 5.92 Å². The van der Waals surface area contributed by atoms with Gasteiger partial charge >= 0.3 is 0 Å². The summed E-state index contributed by atoms with van der Waals surface area (Å²) in [7, 11) is 3.05. The lowest BCUT2D eigenvalue weighted by molar-refractivity contribution is 0.126. The van der Waals surface area contributed by atoms with Gasteiger partial charge in [-0.25, -0.2) is 0 Å². The first-order valence-corrected chi connectivity index (χ1v) is 6.97. The van der Waals surface area contributed by atoms with E-state index >= 15 is 0 Å². The van der Waals surface area contributed by atoms with Gasteiger partial charge in [-0.15, -0.1) is 0 Å². The molecule has 112 valence electrons. The Balaban J connectivity index is 1.76. The SMILES string of the molecule is COc1cc(CNCCOCC2CC2)cc(OC)c1O.